The monoisotopic (exact) mass is 288 g/mol. The third-order valence-corrected chi connectivity index (χ3v) is 3.72. The Bertz CT molecular complexity index is 1010. The van der Waals surface area contributed by atoms with Gasteiger partial charge in [-0.2, -0.15) is 0 Å². The highest BCUT2D eigenvalue weighted by molar-refractivity contribution is 5.93. The molecule has 0 saturated heterocycles. The van der Waals surface area contributed by atoms with Crippen LogP contribution in [0.25, 0.3) is 33.1 Å². The third kappa shape index (κ3) is 1.85. The molecule has 0 atom stereocenters. The van der Waals surface area contributed by atoms with Gasteiger partial charge in [0.1, 0.15) is 16.8 Å². The zero-order valence-corrected chi connectivity index (χ0v) is 11.6. The van der Waals surface area contributed by atoms with E-state index in [-0.39, 0.29) is 11.5 Å². The van der Waals surface area contributed by atoms with Crippen molar-refractivity contribution in [2.75, 3.05) is 0 Å². The zero-order chi connectivity index (χ0) is 15.1. The van der Waals surface area contributed by atoms with Crippen LogP contribution in [0.1, 0.15) is 0 Å². The third-order valence-electron chi connectivity index (χ3n) is 3.72. The fourth-order valence-electron chi connectivity index (χ4n) is 2.62. The number of phenols is 2. The number of nitrogens with zero attached hydrogens (tertiary/aromatic N) is 2. The molecule has 0 fully saturated rings. The van der Waals surface area contributed by atoms with E-state index in [2.05, 4.69) is 9.97 Å². The summed E-state index contributed by atoms with van der Waals surface area (Å²) in [5, 5.41) is 22.1. The van der Waals surface area contributed by atoms with Gasteiger partial charge in [0.05, 0.1) is 5.69 Å². The number of aromatic hydroxyl groups is 2. The van der Waals surface area contributed by atoms with Crippen molar-refractivity contribution in [3.8, 4) is 22.8 Å². The molecule has 4 nitrogen and oxygen atoms in total. The predicted molar refractivity (Wildman–Crippen MR) is 85.8 cm³/mol. The van der Waals surface area contributed by atoms with Gasteiger partial charge in [0.2, 0.25) is 0 Å². The predicted octanol–water partition coefficient (Wildman–Crippen LogP) is 3.86. The van der Waals surface area contributed by atoms with Crippen molar-refractivity contribution in [1.82, 2.24) is 9.97 Å². The second-order valence-electron chi connectivity index (χ2n) is 5.08. The summed E-state index contributed by atoms with van der Waals surface area (Å²) < 4.78 is 0. The number of pyridine rings is 2. The molecule has 4 aromatic rings. The Hall–Kier alpha value is -3.14. The number of para-hydroxylation sites is 1. The maximum atomic E-state index is 10.5. The van der Waals surface area contributed by atoms with Crippen LogP contribution in [0.2, 0.25) is 0 Å². The first kappa shape index (κ1) is 12.6. The summed E-state index contributed by atoms with van der Waals surface area (Å²) in [6, 6.07) is 16.4. The van der Waals surface area contributed by atoms with Crippen LogP contribution in [-0.4, -0.2) is 20.2 Å². The van der Waals surface area contributed by atoms with Crippen molar-refractivity contribution >= 4 is 21.8 Å². The van der Waals surface area contributed by atoms with Gasteiger partial charge in [0.15, 0.2) is 5.75 Å². The summed E-state index contributed by atoms with van der Waals surface area (Å²) in [4.78, 5) is 8.69. The average molecular weight is 288 g/mol. The van der Waals surface area contributed by atoms with Crippen molar-refractivity contribution in [2.24, 2.45) is 0 Å². The highest BCUT2D eigenvalue weighted by atomic mass is 16.3. The van der Waals surface area contributed by atoms with Gasteiger partial charge < -0.3 is 10.2 Å². The number of hydrogen-bond acceptors (Lipinski definition) is 4. The Balaban J connectivity index is 1.99. The lowest BCUT2D eigenvalue weighted by Crippen LogP contribution is -1.88. The van der Waals surface area contributed by atoms with Crippen molar-refractivity contribution in [2.45, 2.75) is 0 Å². The lowest BCUT2D eigenvalue weighted by atomic mass is 10.1. The number of benzene rings is 2. The molecular formula is C18H12N2O2. The normalized spacial score (nSPS) is 11.1. The van der Waals surface area contributed by atoms with Crippen LogP contribution < -0.4 is 0 Å². The first-order chi connectivity index (χ1) is 10.7. The molecule has 0 saturated carbocycles. The first-order valence-electron chi connectivity index (χ1n) is 6.90. The molecule has 4 rings (SSSR count). The van der Waals surface area contributed by atoms with Gasteiger partial charge in [0.25, 0.3) is 0 Å². The SMILES string of the molecule is Oc1cccc2ccc(-c3ccc4cccnc4c3O)nc12. The molecule has 2 heterocycles. The molecular weight excluding hydrogens is 276 g/mol. The Morgan fingerprint density at radius 1 is 0.727 bits per heavy atom. The number of hydrogen-bond donors (Lipinski definition) is 2. The fourth-order valence-corrected chi connectivity index (χ4v) is 2.62. The lowest BCUT2D eigenvalue weighted by molar-refractivity contribution is 0.479. The highest BCUT2D eigenvalue weighted by Crippen LogP contribution is 2.35. The molecule has 0 aliphatic carbocycles. The maximum Gasteiger partial charge on any atom is 0.151 e. The van der Waals surface area contributed by atoms with Gasteiger partial charge in [-0.05, 0) is 24.3 Å². The van der Waals surface area contributed by atoms with Crippen molar-refractivity contribution in [3.05, 3.63) is 60.8 Å². The van der Waals surface area contributed by atoms with Gasteiger partial charge in [-0.3, -0.25) is 4.98 Å². The number of rotatable bonds is 1. The van der Waals surface area contributed by atoms with E-state index in [1.54, 1.807) is 18.3 Å². The molecule has 106 valence electrons. The van der Waals surface area contributed by atoms with E-state index in [4.69, 9.17) is 0 Å². The molecule has 2 aromatic carbocycles. The molecule has 2 N–H and O–H groups in total. The van der Waals surface area contributed by atoms with E-state index >= 15 is 0 Å². The Kier molecular flexibility index (Phi) is 2.69. The Morgan fingerprint density at radius 2 is 1.50 bits per heavy atom. The van der Waals surface area contributed by atoms with Crippen LogP contribution in [0.15, 0.2) is 60.8 Å². The van der Waals surface area contributed by atoms with Crippen molar-refractivity contribution in [1.29, 1.82) is 0 Å². The largest absolute Gasteiger partial charge is 0.506 e. The summed E-state index contributed by atoms with van der Waals surface area (Å²) in [5.74, 6) is 0.220. The summed E-state index contributed by atoms with van der Waals surface area (Å²) in [5.41, 5.74) is 2.25. The number of phenolic OH excluding ortho intramolecular Hbond substituents is 2. The van der Waals surface area contributed by atoms with E-state index in [1.807, 2.05) is 42.5 Å². The lowest BCUT2D eigenvalue weighted by Gasteiger charge is -2.08. The van der Waals surface area contributed by atoms with Crippen LogP contribution in [-0.2, 0) is 0 Å². The number of fused-ring (bicyclic) bond motifs is 2. The molecule has 0 unspecified atom stereocenters. The summed E-state index contributed by atoms with van der Waals surface area (Å²) >= 11 is 0. The fraction of sp³-hybridized carbons (Fsp3) is 0. The van der Waals surface area contributed by atoms with Crippen LogP contribution in [0.5, 0.6) is 11.5 Å². The van der Waals surface area contributed by atoms with E-state index in [0.717, 1.165) is 10.8 Å². The van der Waals surface area contributed by atoms with Crippen molar-refractivity contribution < 1.29 is 10.2 Å². The van der Waals surface area contributed by atoms with Crippen LogP contribution >= 0.6 is 0 Å². The van der Waals surface area contributed by atoms with Crippen LogP contribution in [0.3, 0.4) is 0 Å². The van der Waals surface area contributed by atoms with E-state index in [9.17, 15) is 10.2 Å². The molecule has 0 aliphatic rings. The van der Waals surface area contributed by atoms with Gasteiger partial charge >= 0.3 is 0 Å². The molecule has 2 aromatic heterocycles. The molecule has 0 aliphatic heterocycles. The summed E-state index contributed by atoms with van der Waals surface area (Å²) in [7, 11) is 0. The summed E-state index contributed by atoms with van der Waals surface area (Å²) in [6.07, 6.45) is 1.64. The molecule has 0 radical (unpaired) electrons. The van der Waals surface area contributed by atoms with Gasteiger partial charge in [-0.25, -0.2) is 4.98 Å². The summed E-state index contributed by atoms with van der Waals surface area (Å²) in [6.45, 7) is 0. The van der Waals surface area contributed by atoms with Gasteiger partial charge in [0, 0.05) is 22.5 Å². The minimum absolute atomic E-state index is 0.0976. The minimum Gasteiger partial charge on any atom is -0.506 e. The molecule has 0 amide bonds. The molecule has 22 heavy (non-hydrogen) atoms. The van der Waals surface area contributed by atoms with Crippen LogP contribution in [0, 0.1) is 0 Å². The Morgan fingerprint density at radius 3 is 2.41 bits per heavy atom. The maximum absolute atomic E-state index is 10.5. The molecule has 0 bridgehead atoms. The van der Waals surface area contributed by atoms with Gasteiger partial charge in [-0.1, -0.05) is 30.3 Å². The quantitative estimate of drug-likeness (QED) is 0.558. The standard InChI is InChI=1S/C18H12N2O2/c21-15-5-1-3-11-7-9-14(20-16(11)15)13-8-6-12-4-2-10-19-17(12)18(13)22/h1-10,21-22H. The topological polar surface area (TPSA) is 66.2 Å². The van der Waals surface area contributed by atoms with E-state index in [0.29, 0.717) is 22.3 Å². The van der Waals surface area contributed by atoms with Crippen molar-refractivity contribution in [3.63, 3.8) is 0 Å². The van der Waals surface area contributed by atoms with E-state index < -0.39 is 0 Å². The van der Waals surface area contributed by atoms with E-state index in [1.165, 1.54) is 0 Å². The molecule has 0 spiro atoms. The Labute approximate surface area is 126 Å². The molecule has 4 heteroatoms. The second-order valence-corrected chi connectivity index (χ2v) is 5.08. The van der Waals surface area contributed by atoms with Crippen LogP contribution in [0.4, 0.5) is 0 Å². The smallest absolute Gasteiger partial charge is 0.151 e. The minimum atomic E-state index is 0.0976. The highest BCUT2D eigenvalue weighted by Gasteiger charge is 2.11. The van der Waals surface area contributed by atoms with Gasteiger partial charge in [-0.15, -0.1) is 0 Å². The average Bonchev–Trinajstić information content (AvgIpc) is 2.56. The zero-order valence-electron chi connectivity index (χ0n) is 11.6. The second kappa shape index (κ2) is 4.70. The first-order valence-corrected chi connectivity index (χ1v) is 6.90. The number of aromatic nitrogens is 2.